The van der Waals surface area contributed by atoms with E-state index in [1.165, 1.54) is 45.4 Å². The molecular formula is C13H26O2. The smallest absolute Gasteiger partial charge is 0.302 e. The van der Waals surface area contributed by atoms with Crippen LogP contribution in [-0.2, 0) is 9.53 Å². The Morgan fingerprint density at radius 3 is 2.33 bits per heavy atom. The van der Waals surface area contributed by atoms with E-state index in [4.69, 9.17) is 4.74 Å². The molecule has 0 aromatic carbocycles. The fourth-order valence-corrected chi connectivity index (χ4v) is 1.68. The summed E-state index contributed by atoms with van der Waals surface area (Å²) in [5.74, 6) is 0.412. The molecule has 0 bridgehead atoms. The zero-order valence-corrected chi connectivity index (χ0v) is 10.6. The number of hydrogen-bond donors (Lipinski definition) is 0. The summed E-state index contributed by atoms with van der Waals surface area (Å²) in [5, 5.41) is 0. The van der Waals surface area contributed by atoms with E-state index >= 15 is 0 Å². The van der Waals surface area contributed by atoms with Gasteiger partial charge in [-0.05, 0) is 12.3 Å². The van der Waals surface area contributed by atoms with Gasteiger partial charge in [-0.2, -0.15) is 0 Å². The second-order valence-corrected chi connectivity index (χ2v) is 4.28. The van der Waals surface area contributed by atoms with Crippen LogP contribution in [0.1, 0.15) is 65.7 Å². The van der Waals surface area contributed by atoms with Crippen molar-refractivity contribution < 1.29 is 9.53 Å². The van der Waals surface area contributed by atoms with Crippen molar-refractivity contribution in [2.45, 2.75) is 65.7 Å². The quantitative estimate of drug-likeness (QED) is 0.429. The Labute approximate surface area is 94.4 Å². The molecule has 1 atom stereocenters. The van der Waals surface area contributed by atoms with Gasteiger partial charge >= 0.3 is 5.97 Å². The third-order valence-electron chi connectivity index (χ3n) is 2.82. The van der Waals surface area contributed by atoms with Crippen molar-refractivity contribution in [3.8, 4) is 0 Å². The van der Waals surface area contributed by atoms with Crippen molar-refractivity contribution in [2.75, 3.05) is 6.61 Å². The van der Waals surface area contributed by atoms with E-state index in [9.17, 15) is 4.79 Å². The molecule has 0 spiro atoms. The number of carbonyl (C=O) groups excluding carboxylic acids is 1. The molecule has 90 valence electrons. The van der Waals surface area contributed by atoms with Crippen molar-refractivity contribution in [3.05, 3.63) is 0 Å². The molecule has 0 N–H and O–H groups in total. The average molecular weight is 214 g/mol. The monoisotopic (exact) mass is 214 g/mol. The summed E-state index contributed by atoms with van der Waals surface area (Å²) in [5.41, 5.74) is 0. The fourth-order valence-electron chi connectivity index (χ4n) is 1.68. The fraction of sp³-hybridized carbons (Fsp3) is 0.923. The van der Waals surface area contributed by atoms with E-state index in [1.54, 1.807) is 0 Å². The highest BCUT2D eigenvalue weighted by Gasteiger charge is 2.07. The van der Waals surface area contributed by atoms with Gasteiger partial charge in [-0.3, -0.25) is 4.79 Å². The normalized spacial score (nSPS) is 12.5. The Morgan fingerprint density at radius 2 is 1.80 bits per heavy atom. The van der Waals surface area contributed by atoms with Crippen LogP contribution >= 0.6 is 0 Å². The van der Waals surface area contributed by atoms with E-state index in [0.29, 0.717) is 12.5 Å². The lowest BCUT2D eigenvalue weighted by Crippen LogP contribution is -2.11. The van der Waals surface area contributed by atoms with Crippen molar-refractivity contribution in [3.63, 3.8) is 0 Å². The van der Waals surface area contributed by atoms with Gasteiger partial charge in [0.05, 0.1) is 6.61 Å². The Bertz CT molecular complexity index is 155. The predicted octanol–water partition coefficient (Wildman–Crippen LogP) is 3.94. The molecule has 0 aromatic rings. The minimum atomic E-state index is -0.153. The van der Waals surface area contributed by atoms with Crippen molar-refractivity contribution in [2.24, 2.45) is 5.92 Å². The SMILES string of the molecule is CCCCCCCC(CC)COC(C)=O. The first kappa shape index (κ1) is 14.5. The predicted molar refractivity (Wildman–Crippen MR) is 63.8 cm³/mol. The van der Waals surface area contributed by atoms with E-state index in [0.717, 1.165) is 6.42 Å². The highest BCUT2D eigenvalue weighted by Crippen LogP contribution is 2.15. The zero-order valence-electron chi connectivity index (χ0n) is 10.6. The van der Waals surface area contributed by atoms with Crippen LogP contribution in [0.5, 0.6) is 0 Å². The standard InChI is InChI=1S/C13H26O2/c1-4-6-7-8-9-10-13(5-2)11-15-12(3)14/h13H,4-11H2,1-3H3. The summed E-state index contributed by atoms with van der Waals surface area (Å²) in [4.78, 5) is 10.7. The Hall–Kier alpha value is -0.530. The molecule has 0 rings (SSSR count). The van der Waals surface area contributed by atoms with E-state index in [1.807, 2.05) is 0 Å². The van der Waals surface area contributed by atoms with E-state index in [2.05, 4.69) is 13.8 Å². The molecule has 0 saturated heterocycles. The second kappa shape index (κ2) is 10.0. The summed E-state index contributed by atoms with van der Waals surface area (Å²) >= 11 is 0. The lowest BCUT2D eigenvalue weighted by Gasteiger charge is -2.13. The first-order valence-corrected chi connectivity index (χ1v) is 6.34. The largest absolute Gasteiger partial charge is 0.466 e. The lowest BCUT2D eigenvalue weighted by atomic mass is 9.99. The van der Waals surface area contributed by atoms with Crippen LogP contribution in [0.3, 0.4) is 0 Å². The number of rotatable bonds is 9. The van der Waals surface area contributed by atoms with Crippen LogP contribution in [0.15, 0.2) is 0 Å². The van der Waals surface area contributed by atoms with Gasteiger partial charge in [0.25, 0.3) is 0 Å². The molecule has 2 heteroatoms. The molecule has 0 radical (unpaired) electrons. The molecule has 0 aliphatic rings. The number of unbranched alkanes of at least 4 members (excludes halogenated alkanes) is 4. The molecule has 15 heavy (non-hydrogen) atoms. The van der Waals surface area contributed by atoms with Crippen LogP contribution in [0, 0.1) is 5.92 Å². The third kappa shape index (κ3) is 9.77. The van der Waals surface area contributed by atoms with Crippen molar-refractivity contribution >= 4 is 5.97 Å². The summed E-state index contributed by atoms with van der Waals surface area (Å²) in [6.07, 6.45) is 8.91. The molecule has 0 heterocycles. The van der Waals surface area contributed by atoms with Crippen molar-refractivity contribution in [1.82, 2.24) is 0 Å². The maximum absolute atomic E-state index is 10.7. The minimum Gasteiger partial charge on any atom is -0.466 e. The number of hydrogen-bond acceptors (Lipinski definition) is 2. The Balaban J connectivity index is 3.40. The summed E-state index contributed by atoms with van der Waals surface area (Å²) < 4.78 is 5.03. The maximum Gasteiger partial charge on any atom is 0.302 e. The molecule has 0 saturated carbocycles. The van der Waals surface area contributed by atoms with Crippen LogP contribution in [-0.4, -0.2) is 12.6 Å². The van der Waals surface area contributed by atoms with Crippen LogP contribution in [0.4, 0.5) is 0 Å². The lowest BCUT2D eigenvalue weighted by molar-refractivity contribution is -0.142. The summed E-state index contributed by atoms with van der Waals surface area (Å²) in [6.45, 7) is 6.49. The topological polar surface area (TPSA) is 26.3 Å². The average Bonchev–Trinajstić information content (AvgIpc) is 2.22. The van der Waals surface area contributed by atoms with Gasteiger partial charge in [0.2, 0.25) is 0 Å². The molecule has 0 aliphatic carbocycles. The molecule has 0 amide bonds. The number of ether oxygens (including phenoxy) is 1. The van der Waals surface area contributed by atoms with Gasteiger partial charge in [-0.25, -0.2) is 0 Å². The van der Waals surface area contributed by atoms with Crippen molar-refractivity contribution in [1.29, 1.82) is 0 Å². The van der Waals surface area contributed by atoms with Gasteiger partial charge in [0, 0.05) is 6.92 Å². The molecule has 1 unspecified atom stereocenters. The molecule has 0 aromatic heterocycles. The van der Waals surface area contributed by atoms with Crippen LogP contribution in [0.25, 0.3) is 0 Å². The second-order valence-electron chi connectivity index (χ2n) is 4.28. The Kier molecular flexibility index (Phi) is 9.65. The van der Waals surface area contributed by atoms with Crippen LogP contribution in [0.2, 0.25) is 0 Å². The van der Waals surface area contributed by atoms with Gasteiger partial charge in [0.15, 0.2) is 0 Å². The molecule has 0 fully saturated rings. The van der Waals surface area contributed by atoms with Gasteiger partial charge in [-0.15, -0.1) is 0 Å². The van der Waals surface area contributed by atoms with E-state index in [-0.39, 0.29) is 5.97 Å². The molecule has 0 aliphatic heterocycles. The van der Waals surface area contributed by atoms with Gasteiger partial charge in [-0.1, -0.05) is 52.4 Å². The number of esters is 1. The first-order valence-electron chi connectivity index (χ1n) is 6.34. The summed E-state index contributed by atoms with van der Waals surface area (Å²) in [7, 11) is 0. The number of carbonyl (C=O) groups is 1. The molecular weight excluding hydrogens is 188 g/mol. The maximum atomic E-state index is 10.7. The van der Waals surface area contributed by atoms with E-state index < -0.39 is 0 Å². The Morgan fingerprint density at radius 1 is 1.13 bits per heavy atom. The van der Waals surface area contributed by atoms with Crippen LogP contribution < -0.4 is 0 Å². The third-order valence-corrected chi connectivity index (χ3v) is 2.82. The highest BCUT2D eigenvalue weighted by molar-refractivity contribution is 5.65. The van der Waals surface area contributed by atoms with Gasteiger partial charge in [0.1, 0.15) is 0 Å². The first-order chi connectivity index (χ1) is 7.20. The van der Waals surface area contributed by atoms with Gasteiger partial charge < -0.3 is 4.74 Å². The molecule has 2 nitrogen and oxygen atoms in total. The minimum absolute atomic E-state index is 0.153. The zero-order chi connectivity index (χ0) is 11.5. The summed E-state index contributed by atoms with van der Waals surface area (Å²) in [6, 6.07) is 0. The highest BCUT2D eigenvalue weighted by atomic mass is 16.5.